The molecule has 0 aromatic heterocycles. The first-order valence-electron chi connectivity index (χ1n) is 2.48. The SMILES string of the molecule is C=CC[C@@H](O)C(C)=O. The number of aliphatic hydroxyl groups is 1. The van der Waals surface area contributed by atoms with Crippen molar-refractivity contribution in [3.8, 4) is 0 Å². The van der Waals surface area contributed by atoms with Gasteiger partial charge >= 0.3 is 0 Å². The van der Waals surface area contributed by atoms with E-state index in [4.69, 9.17) is 5.11 Å². The Hall–Kier alpha value is -0.630. The predicted octanol–water partition coefficient (Wildman–Crippen LogP) is 0.512. The Morgan fingerprint density at radius 3 is 2.62 bits per heavy atom. The molecule has 0 aliphatic heterocycles. The van der Waals surface area contributed by atoms with Gasteiger partial charge in [0.05, 0.1) is 0 Å². The van der Waals surface area contributed by atoms with Gasteiger partial charge in [-0.3, -0.25) is 4.79 Å². The van der Waals surface area contributed by atoms with Gasteiger partial charge in [-0.05, 0) is 13.3 Å². The van der Waals surface area contributed by atoms with Crippen LogP contribution in [-0.4, -0.2) is 17.0 Å². The molecule has 1 atom stereocenters. The normalized spacial score (nSPS) is 12.8. The van der Waals surface area contributed by atoms with Crippen LogP contribution >= 0.6 is 0 Å². The zero-order valence-electron chi connectivity index (χ0n) is 4.92. The third-order valence-corrected chi connectivity index (χ3v) is 0.859. The molecule has 0 spiro atoms. The van der Waals surface area contributed by atoms with Crippen LogP contribution < -0.4 is 0 Å². The number of rotatable bonds is 3. The summed E-state index contributed by atoms with van der Waals surface area (Å²) in [4.78, 5) is 10.2. The molecule has 0 saturated carbocycles. The summed E-state index contributed by atoms with van der Waals surface area (Å²) < 4.78 is 0. The first kappa shape index (κ1) is 7.37. The fourth-order valence-electron chi connectivity index (χ4n) is 0.324. The van der Waals surface area contributed by atoms with Crippen molar-refractivity contribution in [3.63, 3.8) is 0 Å². The minimum Gasteiger partial charge on any atom is -0.385 e. The molecular formula is C6H10O2. The molecule has 0 amide bonds. The highest BCUT2D eigenvalue weighted by Crippen LogP contribution is 1.91. The molecule has 0 saturated heterocycles. The zero-order chi connectivity index (χ0) is 6.57. The molecular weight excluding hydrogens is 104 g/mol. The zero-order valence-corrected chi connectivity index (χ0v) is 4.92. The van der Waals surface area contributed by atoms with Crippen molar-refractivity contribution in [1.82, 2.24) is 0 Å². The molecule has 0 heterocycles. The van der Waals surface area contributed by atoms with Crippen LogP contribution in [0.3, 0.4) is 0 Å². The van der Waals surface area contributed by atoms with Gasteiger partial charge in [0.15, 0.2) is 5.78 Å². The Labute approximate surface area is 48.8 Å². The lowest BCUT2D eigenvalue weighted by Gasteiger charge is -1.98. The van der Waals surface area contributed by atoms with Gasteiger partial charge in [0.25, 0.3) is 0 Å². The fraction of sp³-hybridized carbons (Fsp3) is 0.500. The van der Waals surface area contributed by atoms with E-state index in [1.165, 1.54) is 13.0 Å². The van der Waals surface area contributed by atoms with E-state index in [2.05, 4.69) is 6.58 Å². The van der Waals surface area contributed by atoms with E-state index in [1.807, 2.05) is 0 Å². The van der Waals surface area contributed by atoms with E-state index in [0.29, 0.717) is 6.42 Å². The van der Waals surface area contributed by atoms with Gasteiger partial charge in [0, 0.05) is 0 Å². The summed E-state index contributed by atoms with van der Waals surface area (Å²) >= 11 is 0. The molecule has 1 N–H and O–H groups in total. The maximum Gasteiger partial charge on any atom is 0.158 e. The second-order valence-electron chi connectivity index (χ2n) is 1.65. The van der Waals surface area contributed by atoms with E-state index in [0.717, 1.165) is 0 Å². The van der Waals surface area contributed by atoms with Crippen LogP contribution in [0.4, 0.5) is 0 Å². The van der Waals surface area contributed by atoms with Crippen molar-refractivity contribution < 1.29 is 9.90 Å². The summed E-state index contributed by atoms with van der Waals surface area (Å²) in [7, 11) is 0. The van der Waals surface area contributed by atoms with Crippen molar-refractivity contribution >= 4 is 5.78 Å². The highest BCUT2D eigenvalue weighted by atomic mass is 16.3. The smallest absolute Gasteiger partial charge is 0.158 e. The summed E-state index contributed by atoms with van der Waals surface area (Å²) in [6.45, 7) is 4.73. The third kappa shape index (κ3) is 2.53. The van der Waals surface area contributed by atoms with Crippen LogP contribution in [0.5, 0.6) is 0 Å². The third-order valence-electron chi connectivity index (χ3n) is 0.859. The van der Waals surface area contributed by atoms with Crippen LogP contribution in [0.25, 0.3) is 0 Å². The molecule has 2 nitrogen and oxygen atoms in total. The number of ketones is 1. The number of hydrogen-bond donors (Lipinski definition) is 1. The minimum atomic E-state index is -0.840. The predicted molar refractivity (Wildman–Crippen MR) is 31.5 cm³/mol. The van der Waals surface area contributed by atoms with E-state index in [-0.39, 0.29) is 5.78 Å². The molecule has 46 valence electrons. The van der Waals surface area contributed by atoms with Gasteiger partial charge in [-0.2, -0.15) is 0 Å². The number of Topliss-reactive ketones (excluding diaryl/α,β-unsaturated/α-hetero) is 1. The monoisotopic (exact) mass is 114 g/mol. The van der Waals surface area contributed by atoms with Crippen molar-refractivity contribution in [2.75, 3.05) is 0 Å². The minimum absolute atomic E-state index is 0.204. The first-order valence-corrected chi connectivity index (χ1v) is 2.48. The molecule has 0 bridgehead atoms. The number of carbonyl (C=O) groups is 1. The lowest BCUT2D eigenvalue weighted by molar-refractivity contribution is -0.124. The van der Waals surface area contributed by atoms with Crippen molar-refractivity contribution in [1.29, 1.82) is 0 Å². The van der Waals surface area contributed by atoms with E-state index < -0.39 is 6.10 Å². The van der Waals surface area contributed by atoms with Crippen LogP contribution in [0, 0.1) is 0 Å². The standard InChI is InChI=1S/C6H10O2/c1-3-4-6(8)5(2)7/h3,6,8H,1,4H2,2H3/t6-/m1/s1. The molecule has 8 heavy (non-hydrogen) atoms. The number of carbonyl (C=O) groups excluding carboxylic acids is 1. The average Bonchev–Trinajstić information content (AvgIpc) is 1.67. The van der Waals surface area contributed by atoms with E-state index in [1.54, 1.807) is 0 Å². The van der Waals surface area contributed by atoms with Crippen LogP contribution in [0.1, 0.15) is 13.3 Å². The molecule has 0 rings (SSSR count). The molecule has 2 heteroatoms. The van der Waals surface area contributed by atoms with Crippen LogP contribution in [-0.2, 0) is 4.79 Å². The Morgan fingerprint density at radius 1 is 2.00 bits per heavy atom. The maximum absolute atomic E-state index is 10.2. The van der Waals surface area contributed by atoms with Crippen molar-refractivity contribution in [3.05, 3.63) is 12.7 Å². The van der Waals surface area contributed by atoms with E-state index in [9.17, 15) is 4.79 Å². The van der Waals surface area contributed by atoms with Gasteiger partial charge in [-0.25, -0.2) is 0 Å². The summed E-state index contributed by atoms with van der Waals surface area (Å²) in [6.07, 6.45) is 1.04. The second-order valence-corrected chi connectivity index (χ2v) is 1.65. The summed E-state index contributed by atoms with van der Waals surface area (Å²) in [5, 5.41) is 8.71. The molecule has 0 aromatic rings. The van der Waals surface area contributed by atoms with Gasteiger partial charge in [-0.15, -0.1) is 6.58 Å². The lowest BCUT2D eigenvalue weighted by atomic mass is 10.2. The second kappa shape index (κ2) is 3.38. The largest absolute Gasteiger partial charge is 0.385 e. The molecule has 0 unspecified atom stereocenters. The number of hydrogen-bond acceptors (Lipinski definition) is 2. The summed E-state index contributed by atoms with van der Waals surface area (Å²) in [5.41, 5.74) is 0. The van der Waals surface area contributed by atoms with E-state index >= 15 is 0 Å². The van der Waals surface area contributed by atoms with Gasteiger partial charge in [0.2, 0.25) is 0 Å². The average molecular weight is 114 g/mol. The first-order chi connectivity index (χ1) is 3.68. The Morgan fingerprint density at radius 2 is 2.50 bits per heavy atom. The highest BCUT2D eigenvalue weighted by molar-refractivity contribution is 5.80. The molecule has 0 aliphatic carbocycles. The lowest BCUT2D eigenvalue weighted by Crippen LogP contribution is -2.14. The Bertz CT molecular complexity index is 96.7. The number of aliphatic hydroxyl groups excluding tert-OH is 1. The van der Waals surface area contributed by atoms with Crippen LogP contribution in [0.15, 0.2) is 12.7 Å². The highest BCUT2D eigenvalue weighted by Gasteiger charge is 2.04. The summed E-state index contributed by atoms with van der Waals surface area (Å²) in [5.74, 6) is -0.204. The Kier molecular flexibility index (Phi) is 3.12. The topological polar surface area (TPSA) is 37.3 Å². The van der Waals surface area contributed by atoms with Crippen LogP contribution in [0.2, 0.25) is 0 Å². The van der Waals surface area contributed by atoms with Crippen molar-refractivity contribution in [2.24, 2.45) is 0 Å². The van der Waals surface area contributed by atoms with Gasteiger partial charge in [0.1, 0.15) is 6.10 Å². The maximum atomic E-state index is 10.2. The van der Waals surface area contributed by atoms with Gasteiger partial charge < -0.3 is 5.11 Å². The molecule has 0 radical (unpaired) electrons. The summed E-state index contributed by atoms with van der Waals surface area (Å²) in [6, 6.07) is 0. The van der Waals surface area contributed by atoms with Gasteiger partial charge in [-0.1, -0.05) is 6.08 Å². The fourth-order valence-corrected chi connectivity index (χ4v) is 0.324. The molecule has 0 fully saturated rings. The quantitative estimate of drug-likeness (QED) is 0.543. The molecule has 0 aliphatic rings. The molecule has 0 aromatic carbocycles. The Balaban J connectivity index is 3.46. The van der Waals surface area contributed by atoms with Crippen molar-refractivity contribution in [2.45, 2.75) is 19.4 Å².